The first-order chi connectivity index (χ1) is 17.5. The summed E-state index contributed by atoms with van der Waals surface area (Å²) in [4.78, 5) is 27.5. The van der Waals surface area contributed by atoms with E-state index in [4.69, 9.17) is 9.84 Å². The lowest BCUT2D eigenvalue weighted by Crippen LogP contribution is -2.41. The summed E-state index contributed by atoms with van der Waals surface area (Å²) in [7, 11) is 1.60. The van der Waals surface area contributed by atoms with Crippen molar-refractivity contribution in [2.45, 2.75) is 46.5 Å². The van der Waals surface area contributed by atoms with Gasteiger partial charge in [-0.1, -0.05) is 46.8 Å². The second-order valence-electron chi connectivity index (χ2n) is 10.3. The second-order valence-corrected chi connectivity index (χ2v) is 10.3. The van der Waals surface area contributed by atoms with Crippen molar-refractivity contribution in [3.63, 3.8) is 0 Å². The van der Waals surface area contributed by atoms with E-state index in [-0.39, 0.29) is 23.6 Å². The van der Waals surface area contributed by atoms with Crippen molar-refractivity contribution in [3.8, 4) is 11.4 Å². The smallest absolute Gasteiger partial charge is 0.322 e. The number of hydrogen-bond donors (Lipinski definition) is 2. The summed E-state index contributed by atoms with van der Waals surface area (Å²) in [5.41, 5.74) is 1.36. The molecule has 37 heavy (non-hydrogen) atoms. The van der Waals surface area contributed by atoms with Crippen LogP contribution in [0.4, 0.5) is 20.7 Å². The van der Waals surface area contributed by atoms with Crippen LogP contribution in [-0.2, 0) is 10.2 Å². The van der Waals surface area contributed by atoms with E-state index in [2.05, 4.69) is 10.6 Å². The molecule has 2 N–H and O–H groups in total. The van der Waals surface area contributed by atoms with Crippen LogP contribution in [0.1, 0.15) is 46.7 Å². The van der Waals surface area contributed by atoms with Crippen LogP contribution in [-0.4, -0.2) is 46.8 Å². The molecule has 0 aliphatic heterocycles. The number of ether oxygens (including phenoxy) is 1. The Morgan fingerprint density at radius 2 is 1.76 bits per heavy atom. The number of carbonyl (C=O) groups excluding carboxylic acids is 2. The SMILES string of the molecule is COc1ccc(-n2nc(C(C)(C)C)cc2NC(=O)CN(CCC(C)C)C(=O)Nc2ccccc2F)cc1. The molecule has 0 aliphatic rings. The first-order valence-electron chi connectivity index (χ1n) is 12.3. The maximum absolute atomic E-state index is 14.1. The largest absolute Gasteiger partial charge is 0.497 e. The molecule has 0 saturated carbocycles. The number of para-hydroxylation sites is 1. The van der Waals surface area contributed by atoms with Crippen molar-refractivity contribution in [1.82, 2.24) is 14.7 Å². The van der Waals surface area contributed by atoms with Crippen LogP contribution >= 0.6 is 0 Å². The number of halogens is 1. The molecule has 1 heterocycles. The molecule has 0 aliphatic carbocycles. The Kier molecular flexibility index (Phi) is 8.91. The Morgan fingerprint density at radius 3 is 2.35 bits per heavy atom. The fourth-order valence-electron chi connectivity index (χ4n) is 3.54. The average molecular weight is 510 g/mol. The Labute approximate surface area is 217 Å². The maximum atomic E-state index is 14.1. The quantitative estimate of drug-likeness (QED) is 0.380. The fraction of sp³-hybridized carbons (Fsp3) is 0.393. The molecule has 0 unspecified atom stereocenters. The van der Waals surface area contributed by atoms with Gasteiger partial charge in [-0.15, -0.1) is 0 Å². The Hall–Kier alpha value is -3.88. The van der Waals surface area contributed by atoms with E-state index in [1.54, 1.807) is 23.9 Å². The molecule has 1 aromatic heterocycles. The van der Waals surface area contributed by atoms with Gasteiger partial charge in [-0.25, -0.2) is 13.9 Å². The van der Waals surface area contributed by atoms with Crippen LogP contribution in [0, 0.1) is 11.7 Å². The molecule has 0 radical (unpaired) electrons. The number of nitrogens with one attached hydrogen (secondary N) is 2. The summed E-state index contributed by atoms with van der Waals surface area (Å²) >= 11 is 0. The predicted molar refractivity (Wildman–Crippen MR) is 144 cm³/mol. The molecule has 3 aromatic rings. The number of urea groups is 1. The van der Waals surface area contributed by atoms with Gasteiger partial charge in [0, 0.05) is 18.0 Å². The fourth-order valence-corrected chi connectivity index (χ4v) is 3.54. The van der Waals surface area contributed by atoms with Gasteiger partial charge in [-0.2, -0.15) is 5.10 Å². The molecule has 0 saturated heterocycles. The van der Waals surface area contributed by atoms with E-state index in [1.807, 2.05) is 65.0 Å². The Morgan fingerprint density at radius 1 is 1.08 bits per heavy atom. The van der Waals surface area contributed by atoms with Gasteiger partial charge in [0.2, 0.25) is 5.91 Å². The lowest BCUT2D eigenvalue weighted by molar-refractivity contribution is -0.116. The first kappa shape index (κ1) is 27.7. The number of nitrogens with zero attached hydrogens (tertiary/aromatic N) is 3. The molecule has 2 aromatic carbocycles. The predicted octanol–water partition coefficient (Wildman–Crippen LogP) is 5.84. The molecule has 9 heteroatoms. The van der Waals surface area contributed by atoms with Crippen LogP contribution in [0.2, 0.25) is 0 Å². The molecular formula is C28H36FN5O3. The molecule has 0 spiro atoms. The van der Waals surface area contributed by atoms with Gasteiger partial charge in [-0.05, 0) is 48.7 Å². The number of aromatic nitrogens is 2. The van der Waals surface area contributed by atoms with Crippen LogP contribution < -0.4 is 15.4 Å². The van der Waals surface area contributed by atoms with Crippen molar-refractivity contribution in [2.75, 3.05) is 30.8 Å². The standard InChI is InChI=1S/C28H36FN5O3/c1-19(2)15-16-33(27(36)30-23-10-8-7-9-22(23)29)18-26(35)31-25-17-24(28(3,4)5)32-34(25)20-11-13-21(37-6)14-12-20/h7-14,17,19H,15-16,18H2,1-6H3,(H,30,36)(H,31,35). The highest BCUT2D eigenvalue weighted by Crippen LogP contribution is 2.27. The van der Waals surface area contributed by atoms with E-state index >= 15 is 0 Å². The average Bonchev–Trinajstić information content (AvgIpc) is 3.27. The van der Waals surface area contributed by atoms with Crippen molar-refractivity contribution >= 4 is 23.4 Å². The van der Waals surface area contributed by atoms with Crippen molar-refractivity contribution in [3.05, 3.63) is 66.1 Å². The normalized spacial score (nSPS) is 11.4. The molecule has 198 valence electrons. The number of rotatable bonds is 9. The van der Waals surface area contributed by atoms with Gasteiger partial charge < -0.3 is 20.3 Å². The minimum atomic E-state index is -0.542. The van der Waals surface area contributed by atoms with Gasteiger partial charge in [0.15, 0.2) is 0 Å². The molecule has 3 rings (SSSR count). The van der Waals surface area contributed by atoms with E-state index in [0.717, 1.165) is 11.4 Å². The van der Waals surface area contributed by atoms with Crippen molar-refractivity contribution < 1.29 is 18.7 Å². The van der Waals surface area contributed by atoms with Gasteiger partial charge in [-0.3, -0.25) is 4.79 Å². The number of carbonyl (C=O) groups is 2. The topological polar surface area (TPSA) is 88.5 Å². The minimum Gasteiger partial charge on any atom is -0.497 e. The summed E-state index contributed by atoms with van der Waals surface area (Å²) in [6.07, 6.45) is 0.690. The van der Waals surface area contributed by atoms with E-state index in [0.29, 0.717) is 30.5 Å². The maximum Gasteiger partial charge on any atom is 0.322 e. The van der Waals surface area contributed by atoms with Gasteiger partial charge in [0.1, 0.15) is 23.9 Å². The van der Waals surface area contributed by atoms with Crippen LogP contribution in [0.25, 0.3) is 5.69 Å². The lowest BCUT2D eigenvalue weighted by atomic mass is 9.92. The summed E-state index contributed by atoms with van der Waals surface area (Å²) < 4.78 is 21.0. The third-order valence-corrected chi connectivity index (χ3v) is 5.78. The van der Waals surface area contributed by atoms with Crippen molar-refractivity contribution in [2.24, 2.45) is 5.92 Å². The second kappa shape index (κ2) is 11.9. The lowest BCUT2D eigenvalue weighted by Gasteiger charge is -2.23. The van der Waals surface area contributed by atoms with E-state index in [1.165, 1.54) is 17.0 Å². The zero-order chi connectivity index (χ0) is 27.2. The third-order valence-electron chi connectivity index (χ3n) is 5.78. The highest BCUT2D eigenvalue weighted by atomic mass is 19.1. The number of anilines is 2. The molecule has 0 atom stereocenters. The third kappa shape index (κ3) is 7.55. The summed E-state index contributed by atoms with van der Waals surface area (Å²) in [6.45, 7) is 10.3. The number of methoxy groups -OCH3 is 1. The Bertz CT molecular complexity index is 1220. The van der Waals surface area contributed by atoms with Crippen LogP contribution in [0.3, 0.4) is 0 Å². The van der Waals surface area contributed by atoms with Crippen LogP contribution in [0.5, 0.6) is 5.75 Å². The summed E-state index contributed by atoms with van der Waals surface area (Å²) in [5, 5.41) is 10.2. The monoisotopic (exact) mass is 509 g/mol. The first-order valence-corrected chi connectivity index (χ1v) is 12.3. The zero-order valence-electron chi connectivity index (χ0n) is 22.3. The van der Waals surface area contributed by atoms with Gasteiger partial charge >= 0.3 is 6.03 Å². The highest BCUT2D eigenvalue weighted by molar-refractivity contribution is 5.96. The molecule has 0 fully saturated rings. The highest BCUT2D eigenvalue weighted by Gasteiger charge is 2.23. The molecule has 0 bridgehead atoms. The van der Waals surface area contributed by atoms with E-state index in [9.17, 15) is 14.0 Å². The number of hydrogen-bond acceptors (Lipinski definition) is 4. The summed E-state index contributed by atoms with van der Waals surface area (Å²) in [5.74, 6) is 0.583. The molecule has 3 amide bonds. The Balaban J connectivity index is 1.83. The number of benzene rings is 2. The van der Waals surface area contributed by atoms with Gasteiger partial charge in [0.25, 0.3) is 0 Å². The van der Waals surface area contributed by atoms with E-state index < -0.39 is 11.8 Å². The molecule has 8 nitrogen and oxygen atoms in total. The van der Waals surface area contributed by atoms with Gasteiger partial charge in [0.05, 0.1) is 24.2 Å². The minimum absolute atomic E-state index is 0.0647. The molecular weight excluding hydrogens is 473 g/mol. The summed E-state index contributed by atoms with van der Waals surface area (Å²) in [6, 6.07) is 14.6. The van der Waals surface area contributed by atoms with Crippen LogP contribution in [0.15, 0.2) is 54.6 Å². The van der Waals surface area contributed by atoms with Crippen molar-refractivity contribution in [1.29, 1.82) is 0 Å². The number of amides is 3. The zero-order valence-corrected chi connectivity index (χ0v) is 22.3.